The van der Waals surface area contributed by atoms with Gasteiger partial charge in [0.25, 0.3) is 0 Å². The summed E-state index contributed by atoms with van der Waals surface area (Å²) in [5.41, 5.74) is 9.84. The number of pyridine rings is 1. The fourth-order valence-electron chi connectivity index (χ4n) is 2.64. The Morgan fingerprint density at radius 1 is 1.23 bits per heavy atom. The quantitative estimate of drug-likeness (QED) is 0.916. The first kappa shape index (κ1) is 16.5. The molecule has 1 heterocycles. The maximum absolute atomic E-state index is 6.06. The molecule has 0 aliphatic carbocycles. The molecule has 1 atom stereocenters. The first-order valence-electron chi connectivity index (χ1n) is 7.73. The standard InChI is InChI=1S/C19H26N2O/c1-19(2,3)16-7-8-18(22-4)17(11-16)15(12-20)10-14-6-5-9-21-13-14/h5-9,11,13,15H,10,12,20H2,1-4H3. The molecular formula is C19H26N2O. The van der Waals surface area contributed by atoms with Crippen molar-refractivity contribution in [2.24, 2.45) is 5.73 Å². The minimum absolute atomic E-state index is 0.106. The number of hydrogen-bond acceptors (Lipinski definition) is 3. The van der Waals surface area contributed by atoms with Gasteiger partial charge >= 0.3 is 0 Å². The molecule has 0 aliphatic heterocycles. The van der Waals surface area contributed by atoms with E-state index >= 15 is 0 Å². The molecule has 0 saturated carbocycles. The lowest BCUT2D eigenvalue weighted by Gasteiger charge is -2.24. The van der Waals surface area contributed by atoms with Crippen LogP contribution in [0.2, 0.25) is 0 Å². The molecule has 2 aromatic rings. The second-order valence-corrected chi connectivity index (χ2v) is 6.70. The van der Waals surface area contributed by atoms with Gasteiger partial charge in [0.15, 0.2) is 0 Å². The number of aromatic nitrogens is 1. The zero-order valence-electron chi connectivity index (χ0n) is 14.0. The lowest BCUT2D eigenvalue weighted by atomic mass is 9.83. The number of benzene rings is 1. The van der Waals surface area contributed by atoms with E-state index in [1.807, 2.05) is 12.3 Å². The second kappa shape index (κ2) is 6.93. The van der Waals surface area contributed by atoms with Crippen LogP contribution in [0, 0.1) is 0 Å². The summed E-state index contributed by atoms with van der Waals surface area (Å²) in [4.78, 5) is 4.19. The molecule has 1 aromatic carbocycles. The van der Waals surface area contributed by atoms with Crippen molar-refractivity contribution in [3.05, 3.63) is 59.4 Å². The van der Waals surface area contributed by atoms with E-state index in [-0.39, 0.29) is 11.3 Å². The van der Waals surface area contributed by atoms with Crippen LogP contribution in [0.4, 0.5) is 0 Å². The molecule has 22 heavy (non-hydrogen) atoms. The molecule has 3 heteroatoms. The summed E-state index contributed by atoms with van der Waals surface area (Å²) in [6, 6.07) is 10.5. The number of ether oxygens (including phenoxy) is 1. The Morgan fingerprint density at radius 3 is 2.55 bits per heavy atom. The number of nitrogens with two attached hydrogens (primary N) is 1. The average Bonchev–Trinajstić information content (AvgIpc) is 2.52. The zero-order valence-corrected chi connectivity index (χ0v) is 14.0. The number of rotatable bonds is 5. The molecule has 0 spiro atoms. The van der Waals surface area contributed by atoms with Crippen molar-refractivity contribution in [2.75, 3.05) is 13.7 Å². The van der Waals surface area contributed by atoms with Crippen molar-refractivity contribution in [3.8, 4) is 5.75 Å². The van der Waals surface area contributed by atoms with Gasteiger partial charge in [-0.15, -0.1) is 0 Å². The molecule has 2 N–H and O–H groups in total. The molecule has 3 nitrogen and oxygen atoms in total. The highest BCUT2D eigenvalue weighted by molar-refractivity contribution is 5.42. The van der Waals surface area contributed by atoms with E-state index in [0.717, 1.165) is 12.2 Å². The molecular weight excluding hydrogens is 272 g/mol. The third-order valence-corrected chi connectivity index (χ3v) is 4.02. The Balaban J connectivity index is 2.38. The van der Waals surface area contributed by atoms with Crippen LogP contribution in [-0.4, -0.2) is 18.6 Å². The Kier molecular flexibility index (Phi) is 5.19. The fourth-order valence-corrected chi connectivity index (χ4v) is 2.64. The molecule has 0 fully saturated rings. The largest absolute Gasteiger partial charge is 0.496 e. The topological polar surface area (TPSA) is 48.1 Å². The van der Waals surface area contributed by atoms with Crippen molar-refractivity contribution in [1.29, 1.82) is 0 Å². The molecule has 1 aromatic heterocycles. The SMILES string of the molecule is COc1ccc(C(C)(C)C)cc1C(CN)Cc1cccnc1. The van der Waals surface area contributed by atoms with Gasteiger partial charge < -0.3 is 10.5 Å². The Bertz CT molecular complexity index is 603. The van der Waals surface area contributed by atoms with Crippen LogP contribution >= 0.6 is 0 Å². The van der Waals surface area contributed by atoms with Crippen LogP contribution < -0.4 is 10.5 Å². The third kappa shape index (κ3) is 3.86. The van der Waals surface area contributed by atoms with E-state index < -0.39 is 0 Å². The summed E-state index contributed by atoms with van der Waals surface area (Å²) in [6.45, 7) is 7.24. The van der Waals surface area contributed by atoms with Crippen molar-refractivity contribution in [2.45, 2.75) is 38.5 Å². The monoisotopic (exact) mass is 298 g/mol. The van der Waals surface area contributed by atoms with E-state index in [9.17, 15) is 0 Å². The summed E-state index contributed by atoms with van der Waals surface area (Å²) in [5.74, 6) is 1.13. The van der Waals surface area contributed by atoms with Gasteiger partial charge in [-0.25, -0.2) is 0 Å². The van der Waals surface area contributed by atoms with Gasteiger partial charge in [0, 0.05) is 18.3 Å². The number of methoxy groups -OCH3 is 1. The second-order valence-electron chi connectivity index (χ2n) is 6.70. The summed E-state index contributed by atoms with van der Waals surface area (Å²) in [5, 5.41) is 0. The van der Waals surface area contributed by atoms with Crippen LogP contribution in [0.15, 0.2) is 42.7 Å². The Hall–Kier alpha value is -1.87. The Morgan fingerprint density at radius 2 is 2.00 bits per heavy atom. The zero-order chi connectivity index (χ0) is 16.2. The first-order valence-corrected chi connectivity index (χ1v) is 7.73. The molecule has 0 saturated heterocycles. The van der Waals surface area contributed by atoms with Crippen LogP contribution in [0.3, 0.4) is 0 Å². The lowest BCUT2D eigenvalue weighted by molar-refractivity contribution is 0.404. The van der Waals surface area contributed by atoms with E-state index in [2.05, 4.69) is 50.0 Å². The molecule has 0 bridgehead atoms. The predicted molar refractivity (Wildman–Crippen MR) is 91.4 cm³/mol. The molecule has 0 radical (unpaired) electrons. The minimum Gasteiger partial charge on any atom is -0.496 e. The minimum atomic E-state index is 0.106. The summed E-state index contributed by atoms with van der Waals surface area (Å²) < 4.78 is 5.56. The highest BCUT2D eigenvalue weighted by atomic mass is 16.5. The van der Waals surface area contributed by atoms with Crippen molar-refractivity contribution in [1.82, 2.24) is 4.98 Å². The lowest BCUT2D eigenvalue weighted by Crippen LogP contribution is -2.18. The molecule has 1 unspecified atom stereocenters. The highest BCUT2D eigenvalue weighted by Crippen LogP contribution is 2.33. The van der Waals surface area contributed by atoms with Gasteiger partial charge in [0.2, 0.25) is 0 Å². The summed E-state index contributed by atoms with van der Waals surface area (Å²) >= 11 is 0. The van der Waals surface area contributed by atoms with Gasteiger partial charge in [-0.1, -0.05) is 39.0 Å². The van der Waals surface area contributed by atoms with Gasteiger partial charge in [-0.3, -0.25) is 4.98 Å². The predicted octanol–water partition coefficient (Wildman–Crippen LogP) is 3.67. The van der Waals surface area contributed by atoms with Crippen LogP contribution in [0.25, 0.3) is 0 Å². The van der Waals surface area contributed by atoms with E-state index in [4.69, 9.17) is 10.5 Å². The summed E-state index contributed by atoms with van der Waals surface area (Å²) in [6.07, 6.45) is 4.57. The van der Waals surface area contributed by atoms with E-state index in [1.165, 1.54) is 16.7 Å². The molecule has 118 valence electrons. The van der Waals surface area contributed by atoms with Gasteiger partial charge in [-0.2, -0.15) is 0 Å². The van der Waals surface area contributed by atoms with Crippen LogP contribution in [0.5, 0.6) is 5.75 Å². The molecule has 0 amide bonds. The normalized spacial score (nSPS) is 13.0. The van der Waals surface area contributed by atoms with E-state index in [1.54, 1.807) is 13.3 Å². The third-order valence-electron chi connectivity index (χ3n) is 4.02. The van der Waals surface area contributed by atoms with Crippen LogP contribution in [-0.2, 0) is 11.8 Å². The Labute approximate surface area is 133 Å². The average molecular weight is 298 g/mol. The molecule has 0 aliphatic rings. The smallest absolute Gasteiger partial charge is 0.122 e. The van der Waals surface area contributed by atoms with Gasteiger partial charge in [0.05, 0.1) is 7.11 Å². The summed E-state index contributed by atoms with van der Waals surface area (Å²) in [7, 11) is 1.72. The maximum atomic E-state index is 6.06. The molecule has 2 rings (SSSR count). The van der Waals surface area contributed by atoms with Gasteiger partial charge in [0.1, 0.15) is 5.75 Å². The first-order chi connectivity index (χ1) is 10.5. The van der Waals surface area contributed by atoms with E-state index in [0.29, 0.717) is 6.54 Å². The van der Waals surface area contributed by atoms with Crippen molar-refractivity contribution >= 4 is 0 Å². The van der Waals surface area contributed by atoms with Gasteiger partial charge in [-0.05, 0) is 47.2 Å². The number of nitrogens with zero attached hydrogens (tertiary/aromatic N) is 1. The maximum Gasteiger partial charge on any atom is 0.122 e. The van der Waals surface area contributed by atoms with Crippen LogP contribution in [0.1, 0.15) is 43.4 Å². The van der Waals surface area contributed by atoms with Crippen molar-refractivity contribution in [3.63, 3.8) is 0 Å². The number of hydrogen-bond donors (Lipinski definition) is 1. The van der Waals surface area contributed by atoms with Crippen molar-refractivity contribution < 1.29 is 4.74 Å². The fraction of sp³-hybridized carbons (Fsp3) is 0.421. The highest BCUT2D eigenvalue weighted by Gasteiger charge is 2.20.